The molecule has 0 aliphatic heterocycles. The Morgan fingerprint density at radius 1 is 1.17 bits per heavy atom. The van der Waals surface area contributed by atoms with Crippen LogP contribution in [0.25, 0.3) is 11.1 Å². The number of carboxylic acids is 1. The summed E-state index contributed by atoms with van der Waals surface area (Å²) < 4.78 is 29.9. The van der Waals surface area contributed by atoms with Crippen molar-refractivity contribution in [2.75, 3.05) is 21.0 Å². The molecule has 7 heteroatoms. The molecule has 0 aliphatic carbocycles. The number of carbonyl (C=O) groups is 1. The fraction of sp³-hybridized carbons (Fsp3) is 0.235. The number of halogens is 1. The maximum absolute atomic E-state index is 14.7. The fourth-order valence-corrected chi connectivity index (χ4v) is 2.32. The quantitative estimate of drug-likeness (QED) is 0.788. The SMILES string of the molecule is COCOc1ccc(OC)c(F)c1-c1ccc(C(=O)O)c(C)c1O. The maximum Gasteiger partial charge on any atom is 0.336 e. The van der Waals surface area contributed by atoms with Crippen molar-refractivity contribution in [1.29, 1.82) is 0 Å². The number of hydrogen-bond donors (Lipinski definition) is 2. The number of hydrogen-bond acceptors (Lipinski definition) is 5. The third kappa shape index (κ3) is 3.11. The number of phenols is 1. The minimum Gasteiger partial charge on any atom is -0.507 e. The molecule has 0 aliphatic rings. The van der Waals surface area contributed by atoms with Crippen molar-refractivity contribution >= 4 is 5.97 Å². The number of methoxy groups -OCH3 is 2. The molecule has 2 rings (SSSR count). The zero-order valence-electron chi connectivity index (χ0n) is 13.4. The fourth-order valence-electron chi connectivity index (χ4n) is 2.32. The molecule has 0 atom stereocenters. The summed E-state index contributed by atoms with van der Waals surface area (Å²) in [6.45, 7) is 1.32. The largest absolute Gasteiger partial charge is 0.507 e. The Hall–Kier alpha value is -2.80. The zero-order valence-corrected chi connectivity index (χ0v) is 13.4. The van der Waals surface area contributed by atoms with Crippen molar-refractivity contribution < 1.29 is 33.6 Å². The number of ether oxygens (including phenoxy) is 3. The Labute approximate surface area is 138 Å². The highest BCUT2D eigenvalue weighted by Crippen LogP contribution is 2.43. The van der Waals surface area contributed by atoms with Crippen molar-refractivity contribution in [1.82, 2.24) is 0 Å². The lowest BCUT2D eigenvalue weighted by molar-refractivity contribution is 0.0513. The standard InChI is InChI=1S/C17H17FO6/c1-9-10(17(20)21)4-5-11(16(9)19)14-12(24-8-22-2)6-7-13(23-3)15(14)18/h4-7,19H,8H2,1-3H3,(H,20,21). The summed E-state index contributed by atoms with van der Waals surface area (Å²) >= 11 is 0. The van der Waals surface area contributed by atoms with Crippen molar-refractivity contribution in [3.05, 3.63) is 41.2 Å². The molecular weight excluding hydrogens is 319 g/mol. The van der Waals surface area contributed by atoms with E-state index in [2.05, 4.69) is 0 Å². The van der Waals surface area contributed by atoms with Crippen molar-refractivity contribution in [3.8, 4) is 28.4 Å². The van der Waals surface area contributed by atoms with Gasteiger partial charge < -0.3 is 24.4 Å². The van der Waals surface area contributed by atoms with Crippen LogP contribution in [0.1, 0.15) is 15.9 Å². The van der Waals surface area contributed by atoms with E-state index in [0.29, 0.717) is 0 Å². The lowest BCUT2D eigenvalue weighted by atomic mass is 9.96. The van der Waals surface area contributed by atoms with Gasteiger partial charge in [-0.25, -0.2) is 9.18 Å². The van der Waals surface area contributed by atoms with E-state index in [1.54, 1.807) is 0 Å². The van der Waals surface area contributed by atoms with E-state index in [9.17, 15) is 14.3 Å². The van der Waals surface area contributed by atoms with E-state index in [0.717, 1.165) is 0 Å². The van der Waals surface area contributed by atoms with Gasteiger partial charge in [-0.3, -0.25) is 0 Å². The minimum atomic E-state index is -1.18. The van der Waals surface area contributed by atoms with Crippen LogP contribution in [0.4, 0.5) is 4.39 Å². The first-order valence-electron chi connectivity index (χ1n) is 6.96. The molecule has 0 bridgehead atoms. The Morgan fingerprint density at radius 3 is 2.42 bits per heavy atom. The van der Waals surface area contributed by atoms with E-state index in [-0.39, 0.29) is 46.3 Å². The van der Waals surface area contributed by atoms with Crippen LogP contribution < -0.4 is 9.47 Å². The van der Waals surface area contributed by atoms with E-state index in [4.69, 9.17) is 19.3 Å². The van der Waals surface area contributed by atoms with E-state index >= 15 is 0 Å². The van der Waals surface area contributed by atoms with Gasteiger partial charge in [0.25, 0.3) is 0 Å². The normalized spacial score (nSPS) is 10.5. The van der Waals surface area contributed by atoms with Crippen LogP contribution in [0.15, 0.2) is 24.3 Å². The molecule has 0 saturated carbocycles. The summed E-state index contributed by atoms with van der Waals surface area (Å²) in [7, 11) is 2.74. The predicted octanol–water partition coefficient (Wildman–Crippen LogP) is 3.20. The van der Waals surface area contributed by atoms with Gasteiger partial charge in [-0.05, 0) is 31.2 Å². The first-order valence-corrected chi connectivity index (χ1v) is 6.96. The van der Waals surface area contributed by atoms with Gasteiger partial charge in [-0.1, -0.05) is 0 Å². The van der Waals surface area contributed by atoms with Crippen molar-refractivity contribution in [3.63, 3.8) is 0 Å². The number of phenolic OH excluding ortho intramolecular Hbond substituents is 1. The summed E-state index contributed by atoms with van der Waals surface area (Å²) in [5.74, 6) is -2.16. The molecule has 2 aromatic carbocycles. The lowest BCUT2D eigenvalue weighted by Crippen LogP contribution is -2.04. The molecule has 6 nitrogen and oxygen atoms in total. The van der Waals surface area contributed by atoms with Crippen molar-refractivity contribution in [2.45, 2.75) is 6.92 Å². The highest BCUT2D eigenvalue weighted by Gasteiger charge is 2.22. The van der Waals surface area contributed by atoms with Gasteiger partial charge in [0.15, 0.2) is 18.4 Å². The van der Waals surface area contributed by atoms with Gasteiger partial charge in [-0.15, -0.1) is 0 Å². The topological polar surface area (TPSA) is 85.2 Å². The first-order chi connectivity index (χ1) is 11.4. The van der Waals surface area contributed by atoms with Crippen LogP contribution in [0.5, 0.6) is 17.2 Å². The number of rotatable bonds is 6. The molecule has 0 spiro atoms. The molecule has 0 amide bonds. The molecule has 2 aromatic rings. The van der Waals surface area contributed by atoms with Gasteiger partial charge in [0.1, 0.15) is 11.5 Å². The lowest BCUT2D eigenvalue weighted by Gasteiger charge is -2.16. The molecule has 0 saturated heterocycles. The molecule has 128 valence electrons. The molecule has 0 radical (unpaired) electrons. The van der Waals surface area contributed by atoms with Crippen LogP contribution in [-0.2, 0) is 4.74 Å². The van der Waals surface area contributed by atoms with Crippen molar-refractivity contribution in [2.24, 2.45) is 0 Å². The third-order valence-electron chi connectivity index (χ3n) is 3.55. The second kappa shape index (κ2) is 7.18. The van der Waals surface area contributed by atoms with Gasteiger partial charge >= 0.3 is 5.97 Å². The van der Waals surface area contributed by atoms with Crippen LogP contribution in [0.2, 0.25) is 0 Å². The first kappa shape index (κ1) is 17.6. The Balaban J connectivity index is 2.70. The highest BCUT2D eigenvalue weighted by molar-refractivity contribution is 5.92. The number of benzene rings is 2. The molecule has 0 heterocycles. The summed E-state index contributed by atoms with van der Waals surface area (Å²) in [6.07, 6.45) is 0. The van der Waals surface area contributed by atoms with Crippen LogP contribution in [0.3, 0.4) is 0 Å². The van der Waals surface area contributed by atoms with Crippen LogP contribution in [0, 0.1) is 12.7 Å². The number of aromatic hydroxyl groups is 1. The Kier molecular flexibility index (Phi) is 5.25. The smallest absolute Gasteiger partial charge is 0.336 e. The second-order valence-corrected chi connectivity index (χ2v) is 4.95. The molecular formula is C17H17FO6. The molecule has 0 fully saturated rings. The maximum atomic E-state index is 14.7. The average molecular weight is 336 g/mol. The average Bonchev–Trinajstić information content (AvgIpc) is 2.55. The zero-order chi connectivity index (χ0) is 17.9. The summed E-state index contributed by atoms with van der Waals surface area (Å²) in [5.41, 5.74) is 0.114. The number of carboxylic acid groups (broad SMARTS) is 1. The van der Waals surface area contributed by atoms with Gasteiger partial charge in [0.2, 0.25) is 0 Å². The minimum absolute atomic E-state index is 0.0332. The summed E-state index contributed by atoms with van der Waals surface area (Å²) in [6, 6.07) is 5.49. The Morgan fingerprint density at radius 2 is 1.83 bits per heavy atom. The molecule has 0 unspecified atom stereocenters. The molecule has 24 heavy (non-hydrogen) atoms. The Bertz CT molecular complexity index is 772. The van der Waals surface area contributed by atoms with Crippen LogP contribution >= 0.6 is 0 Å². The number of aromatic carboxylic acids is 1. The van der Waals surface area contributed by atoms with Gasteiger partial charge in [0.05, 0.1) is 18.2 Å². The second-order valence-electron chi connectivity index (χ2n) is 4.95. The predicted molar refractivity (Wildman–Crippen MR) is 84.3 cm³/mol. The van der Waals surface area contributed by atoms with E-state index < -0.39 is 11.8 Å². The highest BCUT2D eigenvalue weighted by atomic mass is 19.1. The third-order valence-corrected chi connectivity index (χ3v) is 3.55. The molecule has 2 N–H and O–H groups in total. The molecule has 0 aromatic heterocycles. The summed E-state index contributed by atoms with van der Waals surface area (Å²) in [5, 5.41) is 19.5. The monoisotopic (exact) mass is 336 g/mol. The van der Waals surface area contributed by atoms with Crippen LogP contribution in [-0.4, -0.2) is 37.2 Å². The summed E-state index contributed by atoms with van der Waals surface area (Å²) in [4.78, 5) is 11.2. The van der Waals surface area contributed by atoms with E-state index in [1.165, 1.54) is 45.4 Å². The van der Waals surface area contributed by atoms with E-state index in [1.807, 2.05) is 0 Å². The van der Waals surface area contributed by atoms with Gasteiger partial charge in [0, 0.05) is 18.2 Å². The van der Waals surface area contributed by atoms with Gasteiger partial charge in [-0.2, -0.15) is 0 Å².